The molecular formula is C29H34ClFN4O5. The van der Waals surface area contributed by atoms with Gasteiger partial charge in [0.2, 0.25) is 0 Å². The number of carbonyl (C=O) groups is 1. The fourth-order valence-electron chi connectivity index (χ4n) is 5.72. The van der Waals surface area contributed by atoms with Gasteiger partial charge in [0.25, 0.3) is 0 Å². The van der Waals surface area contributed by atoms with Crippen LogP contribution in [0.1, 0.15) is 35.1 Å². The molecule has 2 aromatic carbocycles. The van der Waals surface area contributed by atoms with Crippen LogP contribution in [0.2, 0.25) is 5.02 Å². The molecule has 3 aliphatic rings. The summed E-state index contributed by atoms with van der Waals surface area (Å²) in [6.07, 6.45) is 1.03. The van der Waals surface area contributed by atoms with Crippen LogP contribution in [0.4, 0.5) is 4.39 Å². The first-order valence-electron chi connectivity index (χ1n) is 13.7. The Morgan fingerprint density at radius 1 is 1.12 bits per heavy atom. The summed E-state index contributed by atoms with van der Waals surface area (Å²) in [6.45, 7) is 8.60. The lowest BCUT2D eigenvalue weighted by Gasteiger charge is -2.36. The van der Waals surface area contributed by atoms with Crippen LogP contribution in [0.3, 0.4) is 0 Å². The fourth-order valence-corrected chi connectivity index (χ4v) is 5.88. The third kappa shape index (κ3) is 5.61. The lowest BCUT2D eigenvalue weighted by molar-refractivity contribution is -0.165. The van der Waals surface area contributed by atoms with E-state index >= 15 is 0 Å². The molecule has 3 aliphatic heterocycles. The van der Waals surface area contributed by atoms with Crippen molar-refractivity contribution >= 4 is 28.6 Å². The fraction of sp³-hybridized carbons (Fsp3) is 0.517. The van der Waals surface area contributed by atoms with E-state index in [1.54, 1.807) is 25.1 Å². The Morgan fingerprint density at radius 3 is 2.60 bits per heavy atom. The largest absolute Gasteiger partial charge is 0.465 e. The van der Waals surface area contributed by atoms with Crippen molar-refractivity contribution < 1.29 is 28.1 Å². The highest BCUT2D eigenvalue weighted by Gasteiger charge is 2.41. The Bertz CT molecular complexity index is 1390. The zero-order chi connectivity index (χ0) is 27.9. The zero-order valence-corrected chi connectivity index (χ0v) is 23.5. The molecule has 40 heavy (non-hydrogen) atoms. The van der Waals surface area contributed by atoms with Crippen molar-refractivity contribution in [2.75, 3.05) is 53.0 Å². The Labute approximate surface area is 237 Å². The quantitative estimate of drug-likeness (QED) is 0.377. The second-order valence-electron chi connectivity index (χ2n) is 10.8. The molecule has 0 saturated carbocycles. The Hall–Kier alpha value is -2.60. The molecule has 0 bridgehead atoms. The van der Waals surface area contributed by atoms with Crippen molar-refractivity contribution in [3.8, 4) is 0 Å². The van der Waals surface area contributed by atoms with E-state index in [1.165, 1.54) is 13.2 Å². The van der Waals surface area contributed by atoms with Gasteiger partial charge in [-0.05, 0) is 49.7 Å². The van der Waals surface area contributed by atoms with E-state index in [9.17, 15) is 9.18 Å². The number of methoxy groups -OCH3 is 1. The SMILES string of the molecule is COC(=O)c1ccc2nc(CN3CCN(CC4COC(C)(c5ccc(Cl)cc5F)O4)CC3)n(CC3CCO3)c2c1. The molecule has 6 rings (SSSR count). The third-order valence-corrected chi connectivity index (χ3v) is 8.31. The molecule has 1 aromatic heterocycles. The first-order chi connectivity index (χ1) is 19.3. The minimum absolute atomic E-state index is 0.151. The number of rotatable bonds is 8. The summed E-state index contributed by atoms with van der Waals surface area (Å²) in [5, 5.41) is 0.343. The number of hydrogen-bond donors (Lipinski definition) is 0. The Morgan fingerprint density at radius 2 is 1.90 bits per heavy atom. The van der Waals surface area contributed by atoms with Crippen LogP contribution in [0.5, 0.6) is 0 Å². The maximum Gasteiger partial charge on any atom is 0.337 e. The van der Waals surface area contributed by atoms with Gasteiger partial charge in [-0.15, -0.1) is 0 Å². The summed E-state index contributed by atoms with van der Waals surface area (Å²) >= 11 is 5.91. The second-order valence-corrected chi connectivity index (χ2v) is 11.2. The number of aromatic nitrogens is 2. The van der Waals surface area contributed by atoms with Crippen molar-refractivity contribution in [1.82, 2.24) is 19.4 Å². The molecule has 3 saturated heterocycles. The van der Waals surface area contributed by atoms with Gasteiger partial charge in [-0.2, -0.15) is 0 Å². The van der Waals surface area contributed by atoms with E-state index in [0.29, 0.717) is 42.4 Å². The number of hydrogen-bond acceptors (Lipinski definition) is 8. The summed E-state index contributed by atoms with van der Waals surface area (Å²) in [5.74, 6) is -0.949. The van der Waals surface area contributed by atoms with Crippen molar-refractivity contribution in [3.05, 3.63) is 64.2 Å². The minimum atomic E-state index is -1.13. The summed E-state index contributed by atoms with van der Waals surface area (Å²) in [5.41, 5.74) is 2.65. The number of esters is 1. The molecule has 0 aliphatic carbocycles. The number of piperazine rings is 1. The molecule has 3 unspecified atom stereocenters. The normalized spacial score (nSPS) is 25.8. The van der Waals surface area contributed by atoms with Crippen molar-refractivity contribution in [2.45, 2.75) is 44.4 Å². The van der Waals surface area contributed by atoms with Crippen LogP contribution in [0, 0.1) is 5.82 Å². The van der Waals surface area contributed by atoms with Crippen molar-refractivity contribution in [1.29, 1.82) is 0 Å². The van der Waals surface area contributed by atoms with Crippen LogP contribution in [0.25, 0.3) is 11.0 Å². The van der Waals surface area contributed by atoms with Crippen LogP contribution in [-0.4, -0.2) is 90.6 Å². The van der Waals surface area contributed by atoms with E-state index < -0.39 is 11.6 Å². The third-order valence-electron chi connectivity index (χ3n) is 8.08. The summed E-state index contributed by atoms with van der Waals surface area (Å²) < 4.78 is 39.5. The molecule has 214 valence electrons. The van der Waals surface area contributed by atoms with E-state index in [-0.39, 0.29) is 18.2 Å². The Kier molecular flexibility index (Phi) is 7.82. The lowest BCUT2D eigenvalue weighted by atomic mass is 10.1. The van der Waals surface area contributed by atoms with E-state index in [1.807, 2.05) is 12.1 Å². The van der Waals surface area contributed by atoms with Gasteiger partial charge in [0.1, 0.15) is 11.6 Å². The molecule has 0 radical (unpaired) electrons. The molecule has 3 atom stereocenters. The van der Waals surface area contributed by atoms with Gasteiger partial charge in [-0.1, -0.05) is 11.6 Å². The monoisotopic (exact) mass is 572 g/mol. The first-order valence-corrected chi connectivity index (χ1v) is 14.1. The van der Waals surface area contributed by atoms with E-state index in [0.717, 1.165) is 56.1 Å². The summed E-state index contributed by atoms with van der Waals surface area (Å²) in [7, 11) is 1.39. The van der Waals surface area contributed by atoms with Gasteiger partial charge in [0.05, 0.1) is 55.6 Å². The van der Waals surface area contributed by atoms with Crippen LogP contribution >= 0.6 is 11.6 Å². The predicted octanol–water partition coefficient (Wildman–Crippen LogP) is 3.81. The average molecular weight is 573 g/mol. The van der Waals surface area contributed by atoms with E-state index in [2.05, 4.69) is 14.4 Å². The second kappa shape index (κ2) is 11.3. The predicted molar refractivity (Wildman–Crippen MR) is 147 cm³/mol. The van der Waals surface area contributed by atoms with Gasteiger partial charge < -0.3 is 23.5 Å². The van der Waals surface area contributed by atoms with Gasteiger partial charge in [0.15, 0.2) is 5.79 Å². The van der Waals surface area contributed by atoms with Gasteiger partial charge >= 0.3 is 5.97 Å². The molecule has 0 N–H and O–H groups in total. The summed E-state index contributed by atoms with van der Waals surface area (Å²) in [6, 6.07) is 10.1. The molecule has 3 fully saturated rings. The van der Waals surface area contributed by atoms with Crippen molar-refractivity contribution in [2.24, 2.45) is 0 Å². The Balaban J connectivity index is 1.08. The number of ether oxygens (including phenoxy) is 4. The van der Waals surface area contributed by atoms with Crippen LogP contribution in [-0.2, 0) is 37.8 Å². The molecular weight excluding hydrogens is 539 g/mol. The number of halogens is 2. The number of imidazole rings is 1. The van der Waals surface area contributed by atoms with Gasteiger partial charge in [-0.3, -0.25) is 9.80 Å². The number of carbonyl (C=O) groups excluding carboxylic acids is 1. The lowest BCUT2D eigenvalue weighted by Crippen LogP contribution is -2.48. The molecule has 0 spiro atoms. The first kappa shape index (κ1) is 27.6. The smallest absolute Gasteiger partial charge is 0.337 e. The molecule has 4 heterocycles. The van der Waals surface area contributed by atoms with Gasteiger partial charge in [0, 0.05) is 49.9 Å². The molecule has 3 aromatic rings. The average Bonchev–Trinajstić information content (AvgIpc) is 3.46. The maximum absolute atomic E-state index is 14.5. The van der Waals surface area contributed by atoms with Crippen molar-refractivity contribution in [3.63, 3.8) is 0 Å². The highest BCUT2D eigenvalue weighted by atomic mass is 35.5. The molecule has 11 heteroatoms. The van der Waals surface area contributed by atoms with Crippen LogP contribution < -0.4 is 0 Å². The highest BCUT2D eigenvalue weighted by Crippen LogP contribution is 2.36. The summed E-state index contributed by atoms with van der Waals surface area (Å²) in [4.78, 5) is 21.8. The standard InChI is InChI=1S/C29H34ClFN4O5/c1-29(23-5-4-20(30)14-24(23)31)39-18-22(40-29)15-33-8-10-34(11-9-33)17-27-32-25-6-3-19(28(36)37-2)13-26(25)35(27)16-21-7-12-38-21/h3-6,13-14,21-22H,7-12,15-18H2,1-2H3. The minimum Gasteiger partial charge on any atom is -0.465 e. The topological polar surface area (TPSA) is 78.3 Å². The number of nitrogens with zero attached hydrogens (tertiary/aromatic N) is 4. The van der Waals surface area contributed by atoms with Gasteiger partial charge in [-0.25, -0.2) is 14.2 Å². The van der Waals surface area contributed by atoms with E-state index in [4.69, 9.17) is 35.5 Å². The number of fused-ring (bicyclic) bond motifs is 1. The number of benzene rings is 2. The molecule has 9 nitrogen and oxygen atoms in total. The maximum atomic E-state index is 14.5. The zero-order valence-electron chi connectivity index (χ0n) is 22.8. The van der Waals surface area contributed by atoms with Crippen LogP contribution in [0.15, 0.2) is 36.4 Å². The molecule has 0 amide bonds. The highest BCUT2D eigenvalue weighted by molar-refractivity contribution is 6.30.